The van der Waals surface area contributed by atoms with Crippen LogP contribution < -0.4 is 4.74 Å². The summed E-state index contributed by atoms with van der Waals surface area (Å²) in [5.41, 5.74) is -0.812. The summed E-state index contributed by atoms with van der Waals surface area (Å²) < 4.78 is 16.6. The van der Waals surface area contributed by atoms with Gasteiger partial charge in [0, 0.05) is 26.8 Å². The number of carbonyl (C=O) groups is 2. The Morgan fingerprint density at radius 1 is 1.28 bits per heavy atom. The molecular formula is C22H22BrNO7S. The predicted molar refractivity (Wildman–Crippen MR) is 122 cm³/mol. The zero-order valence-electron chi connectivity index (χ0n) is 17.7. The molecule has 1 aliphatic heterocycles. The van der Waals surface area contributed by atoms with Gasteiger partial charge in [0.25, 0.3) is 5.54 Å². The van der Waals surface area contributed by atoms with Crippen LogP contribution in [0.3, 0.4) is 0 Å². The molecule has 0 radical (unpaired) electrons. The third kappa shape index (κ3) is 4.61. The largest absolute Gasteiger partial charge is 0.482 e. The third-order valence-corrected chi connectivity index (χ3v) is 7.36. The normalized spacial score (nSPS) is 21.8. The van der Waals surface area contributed by atoms with Gasteiger partial charge in [-0.05, 0) is 37.3 Å². The lowest BCUT2D eigenvalue weighted by atomic mass is 9.83. The molecule has 0 bridgehead atoms. The number of methoxy groups -OCH3 is 1. The van der Waals surface area contributed by atoms with Crippen molar-refractivity contribution >= 4 is 39.6 Å². The first kappa shape index (κ1) is 24.1. The molecule has 170 valence electrons. The maximum absolute atomic E-state index is 12.5. The number of esters is 2. The van der Waals surface area contributed by atoms with E-state index in [4.69, 9.17) is 14.2 Å². The van der Waals surface area contributed by atoms with Crippen LogP contribution in [0.25, 0.3) is 0 Å². The molecule has 0 amide bonds. The Morgan fingerprint density at radius 2 is 2.00 bits per heavy atom. The van der Waals surface area contributed by atoms with Crippen LogP contribution in [0, 0.1) is 10.1 Å². The molecule has 3 atom stereocenters. The van der Waals surface area contributed by atoms with Crippen molar-refractivity contribution in [2.45, 2.75) is 42.1 Å². The highest BCUT2D eigenvalue weighted by molar-refractivity contribution is 9.10. The van der Waals surface area contributed by atoms with Crippen LogP contribution in [-0.2, 0) is 14.3 Å². The van der Waals surface area contributed by atoms with Gasteiger partial charge in [-0.15, -0.1) is 11.8 Å². The van der Waals surface area contributed by atoms with Crippen molar-refractivity contribution in [3.05, 3.63) is 68.2 Å². The van der Waals surface area contributed by atoms with E-state index in [0.29, 0.717) is 21.8 Å². The molecule has 0 aliphatic carbocycles. The minimum Gasteiger partial charge on any atom is -0.482 e. The average Bonchev–Trinajstić information content (AvgIpc) is 2.76. The van der Waals surface area contributed by atoms with Crippen molar-refractivity contribution in [1.29, 1.82) is 0 Å². The molecule has 0 saturated heterocycles. The van der Waals surface area contributed by atoms with E-state index in [9.17, 15) is 19.7 Å². The lowest BCUT2D eigenvalue weighted by molar-refractivity contribution is -0.578. The number of rotatable bonds is 7. The molecule has 0 aromatic heterocycles. The number of hydrogen-bond acceptors (Lipinski definition) is 8. The maximum atomic E-state index is 12.5. The van der Waals surface area contributed by atoms with Gasteiger partial charge in [-0.1, -0.05) is 28.1 Å². The van der Waals surface area contributed by atoms with Crippen LogP contribution in [0.1, 0.15) is 41.4 Å². The highest BCUT2D eigenvalue weighted by Gasteiger charge is 2.59. The van der Waals surface area contributed by atoms with Crippen LogP contribution in [0.4, 0.5) is 0 Å². The van der Waals surface area contributed by atoms with Crippen LogP contribution in [0.5, 0.6) is 5.75 Å². The second kappa shape index (κ2) is 9.91. The Bertz CT molecular complexity index is 1050. The maximum Gasteiger partial charge on any atom is 0.338 e. The summed E-state index contributed by atoms with van der Waals surface area (Å²) in [6.45, 7) is 3.29. The van der Waals surface area contributed by atoms with Crippen LogP contribution in [-0.4, -0.2) is 42.2 Å². The highest BCUT2D eigenvalue weighted by atomic mass is 79.9. The lowest BCUT2D eigenvalue weighted by Crippen LogP contribution is -2.56. The molecule has 0 unspecified atom stereocenters. The Morgan fingerprint density at radius 3 is 2.66 bits per heavy atom. The number of halogens is 1. The van der Waals surface area contributed by atoms with Crippen LogP contribution in [0.15, 0.2) is 51.8 Å². The monoisotopic (exact) mass is 523 g/mol. The van der Waals surface area contributed by atoms with Gasteiger partial charge in [0.15, 0.2) is 6.10 Å². The minimum atomic E-state index is -1.70. The fraction of sp³-hybridized carbons (Fsp3) is 0.364. The topological polar surface area (TPSA) is 105 Å². The summed E-state index contributed by atoms with van der Waals surface area (Å²) in [4.78, 5) is 37.1. The second-order valence-corrected chi connectivity index (χ2v) is 9.33. The molecule has 0 N–H and O–H groups in total. The van der Waals surface area contributed by atoms with E-state index in [1.54, 1.807) is 49.4 Å². The Kier molecular flexibility index (Phi) is 7.45. The molecule has 2 aromatic carbocycles. The number of ether oxygens (including phenoxy) is 3. The van der Waals surface area contributed by atoms with Crippen molar-refractivity contribution < 1.29 is 28.7 Å². The average molecular weight is 524 g/mol. The Labute approximate surface area is 197 Å². The van der Waals surface area contributed by atoms with Gasteiger partial charge in [-0.25, -0.2) is 4.79 Å². The SMILES string of the molecule is CCOC(=O)C[C@@H]1Oc2ccc(Br)cc2[C@H](Sc2ccccc2C(=O)OC)[C@@]1(C)[N+](=O)[O-]. The van der Waals surface area contributed by atoms with Gasteiger partial charge < -0.3 is 14.2 Å². The van der Waals surface area contributed by atoms with E-state index in [-0.39, 0.29) is 13.0 Å². The predicted octanol–water partition coefficient (Wildman–Crippen LogP) is 4.82. The smallest absolute Gasteiger partial charge is 0.338 e. The summed E-state index contributed by atoms with van der Waals surface area (Å²) in [6.07, 6.45) is -1.36. The van der Waals surface area contributed by atoms with Crippen molar-refractivity contribution in [1.82, 2.24) is 0 Å². The first-order valence-electron chi connectivity index (χ1n) is 9.82. The summed E-state index contributed by atoms with van der Waals surface area (Å²) in [7, 11) is 1.28. The van der Waals surface area contributed by atoms with Gasteiger partial charge in [0.05, 0.1) is 25.7 Å². The quantitative estimate of drug-likeness (QED) is 0.289. The van der Waals surface area contributed by atoms with E-state index in [2.05, 4.69) is 15.9 Å². The molecule has 1 heterocycles. The molecular weight excluding hydrogens is 502 g/mol. The van der Waals surface area contributed by atoms with E-state index in [0.717, 1.165) is 4.47 Å². The zero-order valence-corrected chi connectivity index (χ0v) is 20.1. The van der Waals surface area contributed by atoms with Crippen LogP contribution in [0.2, 0.25) is 0 Å². The number of benzene rings is 2. The Balaban J connectivity index is 2.14. The molecule has 0 saturated carbocycles. The summed E-state index contributed by atoms with van der Waals surface area (Å²) in [5, 5.41) is 11.7. The summed E-state index contributed by atoms with van der Waals surface area (Å²) >= 11 is 4.59. The van der Waals surface area contributed by atoms with Crippen molar-refractivity contribution in [3.63, 3.8) is 0 Å². The second-order valence-electron chi connectivity index (χ2n) is 7.27. The van der Waals surface area contributed by atoms with Gasteiger partial charge in [0.1, 0.15) is 11.0 Å². The van der Waals surface area contributed by atoms with Gasteiger partial charge >= 0.3 is 11.9 Å². The molecule has 1 aliphatic rings. The zero-order chi connectivity index (χ0) is 23.5. The van der Waals surface area contributed by atoms with E-state index >= 15 is 0 Å². The standard InChI is InChI=1S/C22H22BrNO7S/c1-4-30-19(25)12-18-22(2,24(27)28)20(15-11-13(23)9-10-16(15)31-18)32-17-8-6-5-7-14(17)21(26)29-3/h5-11,18,20H,4,12H2,1-3H3/t18-,20-,22-/m0/s1. The van der Waals surface area contributed by atoms with Gasteiger partial charge in [-0.2, -0.15) is 0 Å². The van der Waals surface area contributed by atoms with Gasteiger partial charge in [0.2, 0.25) is 0 Å². The van der Waals surface area contributed by atoms with Gasteiger partial charge in [-0.3, -0.25) is 14.9 Å². The number of nitrogens with zero attached hydrogens (tertiary/aromatic N) is 1. The van der Waals surface area contributed by atoms with E-state index in [1.807, 2.05) is 0 Å². The van der Waals surface area contributed by atoms with Crippen LogP contribution >= 0.6 is 27.7 Å². The summed E-state index contributed by atoms with van der Waals surface area (Å²) in [6, 6.07) is 12.0. The first-order chi connectivity index (χ1) is 15.2. The third-order valence-electron chi connectivity index (χ3n) is 5.29. The Hall–Kier alpha value is -2.59. The number of fused-ring (bicyclic) bond motifs is 1. The first-order valence-corrected chi connectivity index (χ1v) is 11.5. The molecule has 0 spiro atoms. The molecule has 10 heteroatoms. The minimum absolute atomic E-state index is 0.162. The lowest BCUT2D eigenvalue weighted by Gasteiger charge is -2.40. The molecule has 2 aromatic rings. The molecule has 3 rings (SSSR count). The van der Waals surface area contributed by atoms with Crippen molar-refractivity contribution in [2.75, 3.05) is 13.7 Å². The van der Waals surface area contributed by atoms with Crippen molar-refractivity contribution in [2.24, 2.45) is 0 Å². The fourth-order valence-electron chi connectivity index (χ4n) is 3.58. The number of thioether (sulfide) groups is 1. The molecule has 32 heavy (non-hydrogen) atoms. The molecule has 0 fully saturated rings. The number of nitro groups is 1. The van der Waals surface area contributed by atoms with E-state index < -0.39 is 33.8 Å². The highest BCUT2D eigenvalue weighted by Crippen LogP contribution is 2.54. The summed E-state index contributed by atoms with van der Waals surface area (Å²) in [5.74, 6) is -0.680. The molecule has 8 nitrogen and oxygen atoms in total. The number of hydrogen-bond donors (Lipinski definition) is 0. The number of carbonyl (C=O) groups excluding carboxylic acids is 2. The van der Waals surface area contributed by atoms with Crippen molar-refractivity contribution in [3.8, 4) is 5.75 Å². The van der Waals surface area contributed by atoms with E-state index in [1.165, 1.54) is 25.8 Å². The fourth-order valence-corrected chi connectivity index (χ4v) is 5.43.